The molecule has 0 fully saturated rings. The third-order valence-electron chi connectivity index (χ3n) is 4.86. The van der Waals surface area contributed by atoms with Gasteiger partial charge < -0.3 is 9.26 Å². The number of esters is 1. The van der Waals surface area contributed by atoms with Crippen LogP contribution in [0.5, 0.6) is 0 Å². The Kier molecular flexibility index (Phi) is 6.18. The van der Waals surface area contributed by atoms with Gasteiger partial charge in [-0.15, -0.1) is 0 Å². The molecule has 11 heteroatoms. The normalized spacial score (nSPS) is 11.8. The highest BCUT2D eigenvalue weighted by Gasteiger charge is 2.30. The lowest BCUT2D eigenvalue weighted by molar-refractivity contribution is -0.137. The van der Waals surface area contributed by atoms with Gasteiger partial charge >= 0.3 is 12.1 Å². The molecular formula is C23H19F3N4O4. The summed E-state index contributed by atoms with van der Waals surface area (Å²) in [6.45, 7) is 3.78. The molecule has 34 heavy (non-hydrogen) atoms. The Morgan fingerprint density at radius 2 is 1.76 bits per heavy atom. The molecule has 0 atom stereocenters. The van der Waals surface area contributed by atoms with Crippen LogP contribution < -0.4 is 5.56 Å². The second-order valence-corrected chi connectivity index (χ2v) is 7.94. The number of carbonyl (C=O) groups is 1. The fourth-order valence-corrected chi connectivity index (χ4v) is 3.29. The maximum atomic E-state index is 12.8. The van der Waals surface area contributed by atoms with E-state index in [1.54, 1.807) is 24.3 Å². The first-order valence-corrected chi connectivity index (χ1v) is 10.3. The smallest absolute Gasteiger partial charge is 0.416 e. The fraction of sp³-hybridized carbons (Fsp3) is 0.261. The van der Waals surface area contributed by atoms with E-state index in [-0.39, 0.29) is 35.5 Å². The Bertz CT molecular complexity index is 1390. The van der Waals surface area contributed by atoms with Gasteiger partial charge in [0.05, 0.1) is 10.9 Å². The van der Waals surface area contributed by atoms with E-state index in [4.69, 9.17) is 9.26 Å². The van der Waals surface area contributed by atoms with Crippen LogP contribution in [0.3, 0.4) is 0 Å². The van der Waals surface area contributed by atoms with E-state index in [9.17, 15) is 22.8 Å². The van der Waals surface area contributed by atoms with Crippen LogP contribution in [0.1, 0.15) is 35.8 Å². The van der Waals surface area contributed by atoms with Crippen molar-refractivity contribution in [2.24, 2.45) is 5.92 Å². The van der Waals surface area contributed by atoms with Gasteiger partial charge in [0.2, 0.25) is 5.82 Å². The summed E-state index contributed by atoms with van der Waals surface area (Å²) >= 11 is 0. The van der Waals surface area contributed by atoms with E-state index >= 15 is 0 Å². The summed E-state index contributed by atoms with van der Waals surface area (Å²) in [4.78, 5) is 29.5. The van der Waals surface area contributed by atoms with Crippen molar-refractivity contribution in [1.29, 1.82) is 0 Å². The van der Waals surface area contributed by atoms with Crippen molar-refractivity contribution in [1.82, 2.24) is 19.9 Å². The number of ether oxygens (including phenoxy) is 1. The Hall–Kier alpha value is -4.02. The van der Waals surface area contributed by atoms with E-state index in [1.165, 1.54) is 16.8 Å². The average Bonchev–Trinajstić information content (AvgIpc) is 3.28. The molecule has 0 spiro atoms. The third-order valence-corrected chi connectivity index (χ3v) is 4.86. The summed E-state index contributed by atoms with van der Waals surface area (Å²) in [7, 11) is 0. The molecule has 2 aromatic carbocycles. The minimum Gasteiger partial charge on any atom is -0.451 e. The van der Waals surface area contributed by atoms with Crippen molar-refractivity contribution in [3.63, 3.8) is 0 Å². The zero-order valence-electron chi connectivity index (χ0n) is 18.2. The van der Waals surface area contributed by atoms with Gasteiger partial charge in [-0.1, -0.05) is 49.3 Å². The van der Waals surface area contributed by atoms with Gasteiger partial charge in [0.1, 0.15) is 0 Å². The maximum Gasteiger partial charge on any atom is 0.416 e. The lowest BCUT2D eigenvalue weighted by Gasteiger charge is -2.11. The Balaban J connectivity index is 1.53. The van der Waals surface area contributed by atoms with Crippen LogP contribution in [-0.2, 0) is 24.1 Å². The summed E-state index contributed by atoms with van der Waals surface area (Å²) in [5, 5.41) is 8.62. The van der Waals surface area contributed by atoms with Crippen LogP contribution in [0.15, 0.2) is 57.8 Å². The summed E-state index contributed by atoms with van der Waals surface area (Å²) < 4.78 is 49.7. The van der Waals surface area contributed by atoms with Crippen molar-refractivity contribution in [2.75, 3.05) is 0 Å². The molecule has 0 aliphatic heterocycles. The molecule has 8 nitrogen and oxygen atoms in total. The standard InChI is InChI=1S/C23H19F3N4O4/c1-13(2)11-30-21(31)17-6-4-3-5-16(17)19(28-30)22(32)33-12-18-27-20(29-34-18)14-7-9-15(10-8-14)23(24,25)26/h3-10,13H,11-12H2,1-2H3. The second-order valence-electron chi connectivity index (χ2n) is 7.94. The molecule has 0 aliphatic carbocycles. The van der Waals surface area contributed by atoms with Crippen LogP contribution >= 0.6 is 0 Å². The van der Waals surface area contributed by atoms with E-state index in [0.29, 0.717) is 22.9 Å². The maximum absolute atomic E-state index is 12.8. The highest BCUT2D eigenvalue weighted by molar-refractivity contribution is 6.02. The molecule has 176 valence electrons. The first-order valence-electron chi connectivity index (χ1n) is 10.3. The number of hydrogen-bond acceptors (Lipinski definition) is 7. The quantitative estimate of drug-likeness (QED) is 0.382. The molecule has 2 aromatic heterocycles. The number of nitrogens with zero attached hydrogens (tertiary/aromatic N) is 4. The molecule has 0 aliphatic rings. The molecular weight excluding hydrogens is 453 g/mol. The van der Waals surface area contributed by atoms with Gasteiger partial charge in [-0.3, -0.25) is 4.79 Å². The number of alkyl halides is 3. The summed E-state index contributed by atoms with van der Waals surface area (Å²) in [6.07, 6.45) is -4.45. The zero-order valence-corrected chi connectivity index (χ0v) is 18.2. The zero-order chi connectivity index (χ0) is 24.5. The minimum absolute atomic E-state index is 0.0293. The lowest BCUT2D eigenvalue weighted by Crippen LogP contribution is -2.28. The molecule has 0 saturated carbocycles. The van der Waals surface area contributed by atoms with Crippen molar-refractivity contribution in [3.05, 3.63) is 76.0 Å². The van der Waals surface area contributed by atoms with Crippen LogP contribution in [0, 0.1) is 5.92 Å². The van der Waals surface area contributed by atoms with E-state index in [0.717, 1.165) is 12.1 Å². The average molecular weight is 472 g/mol. The third kappa shape index (κ3) is 4.82. The lowest BCUT2D eigenvalue weighted by atomic mass is 10.1. The molecule has 0 N–H and O–H groups in total. The highest BCUT2D eigenvalue weighted by atomic mass is 19.4. The summed E-state index contributed by atoms with van der Waals surface area (Å²) in [6, 6.07) is 10.9. The fourth-order valence-electron chi connectivity index (χ4n) is 3.29. The Morgan fingerprint density at radius 3 is 2.41 bits per heavy atom. The molecule has 2 heterocycles. The Labute approximate surface area is 191 Å². The van der Waals surface area contributed by atoms with E-state index in [1.807, 2.05) is 13.8 Å². The largest absolute Gasteiger partial charge is 0.451 e. The topological polar surface area (TPSA) is 100 Å². The van der Waals surface area contributed by atoms with Gasteiger partial charge in [0.25, 0.3) is 11.4 Å². The SMILES string of the molecule is CC(C)Cn1nc(C(=O)OCc2nc(-c3ccc(C(F)(F)F)cc3)no2)c2ccccc2c1=O. The highest BCUT2D eigenvalue weighted by Crippen LogP contribution is 2.30. The number of fused-ring (bicyclic) bond motifs is 1. The van der Waals surface area contributed by atoms with Gasteiger partial charge in [-0.2, -0.15) is 23.3 Å². The number of halogens is 3. The molecule has 4 aromatic rings. The molecule has 0 saturated heterocycles. The number of aromatic nitrogens is 4. The number of benzene rings is 2. The molecule has 0 unspecified atom stereocenters. The second kappa shape index (κ2) is 9.08. The molecule has 0 amide bonds. The monoisotopic (exact) mass is 472 g/mol. The predicted molar refractivity (Wildman–Crippen MR) is 115 cm³/mol. The van der Waals surface area contributed by atoms with Crippen molar-refractivity contribution in [3.8, 4) is 11.4 Å². The van der Waals surface area contributed by atoms with Gasteiger partial charge in [-0.05, 0) is 24.1 Å². The minimum atomic E-state index is -4.45. The van der Waals surface area contributed by atoms with Crippen molar-refractivity contribution in [2.45, 2.75) is 33.2 Å². The number of rotatable bonds is 6. The summed E-state index contributed by atoms with van der Waals surface area (Å²) in [5.41, 5.74) is -0.826. The first-order chi connectivity index (χ1) is 16.1. The predicted octanol–water partition coefficient (Wildman–Crippen LogP) is 4.48. The molecule has 0 radical (unpaired) electrons. The van der Waals surface area contributed by atoms with Crippen molar-refractivity contribution < 1.29 is 27.2 Å². The van der Waals surface area contributed by atoms with Gasteiger partial charge in [-0.25, -0.2) is 9.48 Å². The van der Waals surface area contributed by atoms with Crippen LogP contribution in [0.4, 0.5) is 13.2 Å². The van der Waals surface area contributed by atoms with Crippen LogP contribution in [0.25, 0.3) is 22.2 Å². The first kappa shape index (κ1) is 23.1. The van der Waals surface area contributed by atoms with Crippen molar-refractivity contribution >= 4 is 16.7 Å². The van der Waals surface area contributed by atoms with E-state index in [2.05, 4.69) is 15.2 Å². The number of carbonyl (C=O) groups excluding carboxylic acids is 1. The van der Waals surface area contributed by atoms with Crippen LogP contribution in [-0.4, -0.2) is 25.9 Å². The van der Waals surface area contributed by atoms with E-state index < -0.39 is 17.7 Å². The number of hydrogen-bond donors (Lipinski definition) is 0. The molecule has 4 rings (SSSR count). The van der Waals surface area contributed by atoms with Gasteiger partial charge in [0, 0.05) is 17.5 Å². The summed E-state index contributed by atoms with van der Waals surface area (Å²) in [5.74, 6) is -0.669. The van der Waals surface area contributed by atoms with Crippen LogP contribution in [0.2, 0.25) is 0 Å². The Morgan fingerprint density at radius 1 is 1.09 bits per heavy atom. The molecule has 0 bridgehead atoms. The van der Waals surface area contributed by atoms with Gasteiger partial charge in [0.15, 0.2) is 12.3 Å².